The van der Waals surface area contributed by atoms with E-state index in [1.807, 2.05) is 13.8 Å². The van der Waals surface area contributed by atoms with Crippen LogP contribution in [-0.2, 0) is 11.3 Å². The second kappa shape index (κ2) is 8.14. The van der Waals surface area contributed by atoms with Crippen molar-refractivity contribution in [1.29, 1.82) is 0 Å². The van der Waals surface area contributed by atoms with Crippen LogP contribution in [0.4, 0.5) is 4.39 Å². The molecule has 3 aromatic rings. The molecular weight excluding hydrogens is 383 g/mol. The minimum absolute atomic E-state index is 0.272. The molecule has 3 rings (SSSR count). The predicted octanol–water partition coefficient (Wildman–Crippen LogP) is 3.89. The van der Waals surface area contributed by atoms with E-state index in [9.17, 15) is 14.0 Å². The van der Waals surface area contributed by atoms with E-state index in [4.69, 9.17) is 17.3 Å². The summed E-state index contributed by atoms with van der Waals surface area (Å²) in [5.41, 5.74) is 7.38. The third-order valence-corrected chi connectivity index (χ3v) is 5.00. The molecule has 1 aromatic carbocycles. The summed E-state index contributed by atoms with van der Waals surface area (Å²) in [4.78, 5) is 29.4. The topological polar surface area (TPSA) is 82.9 Å². The van der Waals surface area contributed by atoms with Gasteiger partial charge in [-0.3, -0.25) is 13.9 Å². The van der Waals surface area contributed by atoms with Crippen molar-refractivity contribution in [2.75, 3.05) is 0 Å². The summed E-state index contributed by atoms with van der Waals surface area (Å²) in [7, 11) is 0. The van der Waals surface area contributed by atoms with Crippen LogP contribution in [-0.4, -0.2) is 20.0 Å². The first-order valence-electron chi connectivity index (χ1n) is 9.23. The zero-order valence-corrected chi connectivity index (χ0v) is 16.5. The Labute approximate surface area is 166 Å². The van der Waals surface area contributed by atoms with Crippen LogP contribution in [0, 0.1) is 5.82 Å². The van der Waals surface area contributed by atoms with Crippen LogP contribution < -0.4 is 11.4 Å². The molecule has 2 heterocycles. The van der Waals surface area contributed by atoms with Gasteiger partial charge in [-0.15, -0.1) is 0 Å². The molecule has 0 saturated heterocycles. The number of carbonyl (C=O) groups is 1. The van der Waals surface area contributed by atoms with Crippen molar-refractivity contribution in [3.05, 3.63) is 51.8 Å². The highest BCUT2D eigenvalue weighted by Gasteiger charge is 2.25. The van der Waals surface area contributed by atoms with E-state index in [-0.39, 0.29) is 10.7 Å². The Bertz CT molecular complexity index is 1070. The van der Waals surface area contributed by atoms with Gasteiger partial charge in [0.15, 0.2) is 5.65 Å². The second-order valence-electron chi connectivity index (χ2n) is 6.68. The average Bonchev–Trinajstić information content (AvgIpc) is 2.92. The van der Waals surface area contributed by atoms with Crippen LogP contribution in [0.25, 0.3) is 22.3 Å². The SMILES string of the molecule is CCCCC(C(N)=O)n1c(=O)n(CC)c2cc(-c3cc(F)cc(Cl)c3)cnc21. The highest BCUT2D eigenvalue weighted by Crippen LogP contribution is 2.27. The molecule has 0 spiro atoms. The first-order chi connectivity index (χ1) is 13.4. The number of halogens is 2. The number of aryl methyl sites for hydroxylation is 1. The van der Waals surface area contributed by atoms with E-state index >= 15 is 0 Å². The predicted molar refractivity (Wildman–Crippen MR) is 108 cm³/mol. The third kappa shape index (κ3) is 3.67. The minimum Gasteiger partial charge on any atom is -0.368 e. The lowest BCUT2D eigenvalue weighted by atomic mass is 10.1. The number of rotatable bonds is 7. The summed E-state index contributed by atoms with van der Waals surface area (Å²) in [5.74, 6) is -1.02. The van der Waals surface area contributed by atoms with Gasteiger partial charge >= 0.3 is 5.69 Å². The quantitative estimate of drug-likeness (QED) is 0.648. The van der Waals surface area contributed by atoms with E-state index in [0.717, 1.165) is 12.8 Å². The Morgan fingerprint density at radius 2 is 2.00 bits per heavy atom. The van der Waals surface area contributed by atoms with Crippen LogP contribution in [0.15, 0.2) is 35.3 Å². The number of benzene rings is 1. The molecule has 148 valence electrons. The van der Waals surface area contributed by atoms with E-state index < -0.39 is 17.8 Å². The number of hydrogen-bond donors (Lipinski definition) is 1. The normalized spacial score (nSPS) is 12.4. The number of amides is 1. The standard InChI is InChI=1S/C20H22ClFN4O2/c1-3-5-6-16(18(23)27)26-19-17(25(4-2)20(26)28)9-13(11-24-19)12-7-14(21)10-15(22)8-12/h7-11,16H,3-6H2,1-2H3,(H2,23,27). The zero-order valence-electron chi connectivity index (χ0n) is 15.8. The number of nitrogens with two attached hydrogens (primary N) is 1. The van der Waals surface area contributed by atoms with Crippen LogP contribution in [0.5, 0.6) is 0 Å². The van der Waals surface area contributed by atoms with Gasteiger partial charge < -0.3 is 5.73 Å². The summed E-state index contributed by atoms with van der Waals surface area (Å²) < 4.78 is 16.6. The van der Waals surface area contributed by atoms with E-state index in [1.54, 1.807) is 18.3 Å². The highest BCUT2D eigenvalue weighted by molar-refractivity contribution is 6.30. The Kier molecular flexibility index (Phi) is 5.84. The summed E-state index contributed by atoms with van der Waals surface area (Å²) in [5, 5.41) is 0.272. The van der Waals surface area contributed by atoms with Crippen LogP contribution in [0.2, 0.25) is 5.02 Å². The first kappa shape index (κ1) is 20.1. The molecule has 0 radical (unpaired) electrons. The molecule has 0 bridgehead atoms. The lowest BCUT2D eigenvalue weighted by molar-refractivity contribution is -0.121. The maximum absolute atomic E-state index is 13.7. The van der Waals surface area contributed by atoms with Gasteiger partial charge in [-0.25, -0.2) is 14.2 Å². The molecule has 0 saturated carbocycles. The maximum Gasteiger partial charge on any atom is 0.331 e. The van der Waals surface area contributed by atoms with Crippen molar-refractivity contribution in [3.63, 3.8) is 0 Å². The van der Waals surface area contributed by atoms with Crippen LogP contribution >= 0.6 is 11.6 Å². The van der Waals surface area contributed by atoms with E-state index in [2.05, 4.69) is 4.98 Å². The number of nitrogens with zero attached hydrogens (tertiary/aromatic N) is 3. The monoisotopic (exact) mass is 404 g/mol. The number of unbranched alkanes of at least 4 members (excludes halogenated alkanes) is 1. The molecule has 1 amide bonds. The second-order valence-corrected chi connectivity index (χ2v) is 7.12. The highest BCUT2D eigenvalue weighted by atomic mass is 35.5. The molecular formula is C20H22ClFN4O2. The van der Waals surface area contributed by atoms with Gasteiger partial charge in [0.1, 0.15) is 11.9 Å². The van der Waals surface area contributed by atoms with Crippen molar-refractivity contribution in [3.8, 4) is 11.1 Å². The van der Waals surface area contributed by atoms with E-state index in [1.165, 1.54) is 21.3 Å². The lowest BCUT2D eigenvalue weighted by Crippen LogP contribution is -2.34. The molecule has 2 aromatic heterocycles. The van der Waals surface area contributed by atoms with Gasteiger partial charge in [0.25, 0.3) is 0 Å². The molecule has 6 nitrogen and oxygen atoms in total. The van der Waals surface area contributed by atoms with Crippen molar-refractivity contribution < 1.29 is 9.18 Å². The maximum atomic E-state index is 13.7. The summed E-state index contributed by atoms with van der Waals surface area (Å²) in [6, 6.07) is 5.21. The number of pyridine rings is 1. The molecule has 0 aliphatic rings. The Balaban J connectivity index is 2.22. The fourth-order valence-electron chi connectivity index (χ4n) is 3.41. The summed E-state index contributed by atoms with van der Waals surface area (Å²) in [6.07, 6.45) is 3.65. The van der Waals surface area contributed by atoms with Gasteiger partial charge in [0.2, 0.25) is 5.91 Å². The zero-order chi connectivity index (χ0) is 20.4. The van der Waals surface area contributed by atoms with Crippen LogP contribution in [0.1, 0.15) is 39.2 Å². The molecule has 8 heteroatoms. The fourth-order valence-corrected chi connectivity index (χ4v) is 3.64. The van der Waals surface area contributed by atoms with Crippen molar-refractivity contribution in [2.24, 2.45) is 5.73 Å². The molecule has 0 aliphatic heterocycles. The molecule has 0 aliphatic carbocycles. The number of imidazole rings is 1. The van der Waals surface area contributed by atoms with Crippen molar-refractivity contribution in [2.45, 2.75) is 45.7 Å². The largest absolute Gasteiger partial charge is 0.368 e. The minimum atomic E-state index is -0.760. The first-order valence-corrected chi connectivity index (χ1v) is 9.61. The third-order valence-electron chi connectivity index (χ3n) is 4.79. The van der Waals surface area contributed by atoms with Gasteiger partial charge in [0, 0.05) is 23.3 Å². The average molecular weight is 405 g/mol. The summed E-state index contributed by atoms with van der Waals surface area (Å²) in [6.45, 7) is 4.24. The number of aromatic nitrogens is 3. The van der Waals surface area contributed by atoms with Crippen molar-refractivity contribution in [1.82, 2.24) is 14.1 Å². The fraction of sp³-hybridized carbons (Fsp3) is 0.350. The molecule has 0 fully saturated rings. The number of carbonyl (C=O) groups excluding carboxylic acids is 1. The molecule has 28 heavy (non-hydrogen) atoms. The smallest absolute Gasteiger partial charge is 0.331 e. The molecule has 1 atom stereocenters. The number of hydrogen-bond acceptors (Lipinski definition) is 3. The van der Waals surface area contributed by atoms with Crippen LogP contribution in [0.3, 0.4) is 0 Å². The van der Waals surface area contributed by atoms with Crippen molar-refractivity contribution >= 4 is 28.7 Å². The number of fused-ring (bicyclic) bond motifs is 1. The number of primary amides is 1. The van der Waals surface area contributed by atoms with E-state index in [0.29, 0.717) is 35.3 Å². The Hall–Kier alpha value is -2.67. The van der Waals surface area contributed by atoms with Gasteiger partial charge in [-0.1, -0.05) is 31.4 Å². The summed E-state index contributed by atoms with van der Waals surface area (Å²) >= 11 is 5.96. The van der Waals surface area contributed by atoms with Gasteiger partial charge in [-0.05, 0) is 43.2 Å². The molecule has 1 unspecified atom stereocenters. The Morgan fingerprint density at radius 3 is 2.61 bits per heavy atom. The molecule has 2 N–H and O–H groups in total. The van der Waals surface area contributed by atoms with Gasteiger partial charge in [-0.2, -0.15) is 0 Å². The van der Waals surface area contributed by atoms with Gasteiger partial charge in [0.05, 0.1) is 5.52 Å². The lowest BCUT2D eigenvalue weighted by Gasteiger charge is -2.14. The Morgan fingerprint density at radius 1 is 1.25 bits per heavy atom.